The van der Waals surface area contributed by atoms with Gasteiger partial charge in [-0.05, 0) is 79.8 Å². The van der Waals surface area contributed by atoms with Crippen molar-refractivity contribution in [3.63, 3.8) is 0 Å². The number of halogens is 2. The van der Waals surface area contributed by atoms with Crippen LogP contribution in [0.25, 0.3) is 0 Å². The van der Waals surface area contributed by atoms with Gasteiger partial charge >= 0.3 is 5.97 Å². The van der Waals surface area contributed by atoms with Crippen LogP contribution in [0.15, 0.2) is 36.4 Å². The lowest BCUT2D eigenvalue weighted by Crippen LogP contribution is -2.69. The van der Waals surface area contributed by atoms with Crippen LogP contribution in [-0.2, 0) is 32.6 Å². The normalized spacial score (nSPS) is 32.2. The van der Waals surface area contributed by atoms with E-state index in [0.29, 0.717) is 46.8 Å². The maximum absolute atomic E-state index is 14.1. The van der Waals surface area contributed by atoms with E-state index < -0.39 is 0 Å². The first-order chi connectivity index (χ1) is 20.2. The molecular weight excluding hydrogens is 571 g/mol. The van der Waals surface area contributed by atoms with Gasteiger partial charge in [-0.3, -0.25) is 14.5 Å². The van der Waals surface area contributed by atoms with Gasteiger partial charge in [0, 0.05) is 43.0 Å². The molecule has 2 aromatic carbocycles. The molecule has 1 amide bonds. The molecule has 42 heavy (non-hydrogen) atoms. The minimum Gasteiger partial charge on any atom is -0.487 e. The van der Waals surface area contributed by atoms with E-state index in [9.17, 15) is 9.59 Å². The average molecular weight is 612 g/mol. The summed E-state index contributed by atoms with van der Waals surface area (Å²) in [4.78, 5) is 30.4. The molecule has 2 bridgehead atoms. The summed E-state index contributed by atoms with van der Waals surface area (Å²) in [5, 5.41) is 0.975. The summed E-state index contributed by atoms with van der Waals surface area (Å²) in [6.07, 6.45) is 5.36. The molecule has 0 aromatic heterocycles. The van der Waals surface area contributed by atoms with Crippen LogP contribution < -0.4 is 4.74 Å². The van der Waals surface area contributed by atoms with Crippen molar-refractivity contribution in [2.45, 2.75) is 89.0 Å². The Morgan fingerprint density at radius 3 is 2.76 bits per heavy atom. The molecule has 7 atom stereocenters. The predicted octanol–water partition coefficient (Wildman–Crippen LogP) is 6.08. The second-order valence-corrected chi connectivity index (χ2v) is 14.5. The van der Waals surface area contributed by atoms with Crippen LogP contribution in [0.2, 0.25) is 10.0 Å². The molecule has 2 aromatic rings. The number of rotatable bonds is 8. The lowest BCUT2D eigenvalue weighted by Gasteiger charge is -2.60. The van der Waals surface area contributed by atoms with Crippen LogP contribution in [0.4, 0.5) is 0 Å². The molecule has 0 radical (unpaired) electrons. The van der Waals surface area contributed by atoms with Gasteiger partial charge in [0.25, 0.3) is 0 Å². The van der Waals surface area contributed by atoms with Crippen LogP contribution in [0, 0.1) is 17.8 Å². The smallest absolute Gasteiger partial charge is 0.302 e. The minimum atomic E-state index is -0.178. The first-order valence-corrected chi connectivity index (χ1v) is 16.3. The Morgan fingerprint density at radius 1 is 1.17 bits per heavy atom. The number of carbonyl (C=O) groups is 2. The van der Waals surface area contributed by atoms with Gasteiger partial charge in [0.05, 0.1) is 22.5 Å². The Labute approximate surface area is 258 Å². The van der Waals surface area contributed by atoms with Crippen LogP contribution >= 0.6 is 23.2 Å². The Hall–Kier alpha value is -2.28. The van der Waals surface area contributed by atoms with Gasteiger partial charge in [0.15, 0.2) is 0 Å². The second kappa shape index (κ2) is 10.7. The van der Waals surface area contributed by atoms with Gasteiger partial charge in [-0.2, -0.15) is 0 Å². The summed E-state index contributed by atoms with van der Waals surface area (Å²) in [7, 11) is 0. The van der Waals surface area contributed by atoms with Crippen LogP contribution in [-0.4, -0.2) is 65.6 Å². The van der Waals surface area contributed by atoms with Gasteiger partial charge in [0.2, 0.25) is 5.91 Å². The number of esters is 1. The van der Waals surface area contributed by atoms with Crippen LogP contribution in [0.1, 0.15) is 63.1 Å². The topological polar surface area (TPSA) is 59.1 Å². The molecule has 2 unspecified atom stereocenters. The zero-order valence-corrected chi connectivity index (χ0v) is 26.2. The zero-order valence-electron chi connectivity index (χ0n) is 24.7. The van der Waals surface area contributed by atoms with Crippen molar-refractivity contribution in [3.8, 4) is 5.75 Å². The highest BCUT2D eigenvalue weighted by molar-refractivity contribution is 6.42. The van der Waals surface area contributed by atoms with Gasteiger partial charge in [-0.25, -0.2) is 0 Å². The van der Waals surface area contributed by atoms with Crippen molar-refractivity contribution in [2.24, 2.45) is 17.8 Å². The maximum atomic E-state index is 14.1. The molecule has 6 nitrogen and oxygen atoms in total. The molecule has 2 saturated carbocycles. The first-order valence-electron chi connectivity index (χ1n) is 15.6. The molecule has 0 N–H and O–H groups in total. The van der Waals surface area contributed by atoms with Crippen LogP contribution in [0.3, 0.4) is 0 Å². The molecular formula is C34H40Cl2N2O4. The molecule has 7 rings (SSSR count). The van der Waals surface area contributed by atoms with Gasteiger partial charge in [-0.15, -0.1) is 0 Å². The summed E-state index contributed by atoms with van der Waals surface area (Å²) >= 11 is 12.5. The number of carbonyl (C=O) groups excluding carboxylic acids is 2. The summed E-state index contributed by atoms with van der Waals surface area (Å²) in [5.41, 5.74) is 3.63. The summed E-state index contributed by atoms with van der Waals surface area (Å²) in [6.45, 7) is 8.56. The van der Waals surface area contributed by atoms with Crippen molar-refractivity contribution in [3.05, 3.63) is 63.1 Å². The monoisotopic (exact) mass is 610 g/mol. The standard InChI is InChI=1S/C34H40Cl2N2O4/c1-19(2)17-38(31(40)14-21-7-9-25(35)26(36)13-21)27-10-8-24-28-15-22-5-4-6-29-32(22)34(24,33(27)42-29)11-12-37(28)18-23-16-30(23)41-20(3)39/h4-7,9,13,19,23-24,27-28,30,33H,8,10-12,14-18H2,1-3H3/t23?,24-,27+,28+,30?,33-,34-/m0/s1. The molecule has 1 saturated heterocycles. The van der Waals surface area contributed by atoms with E-state index in [4.69, 9.17) is 32.7 Å². The molecule has 3 aliphatic carbocycles. The summed E-state index contributed by atoms with van der Waals surface area (Å²) in [5.74, 6) is 2.23. The molecule has 224 valence electrons. The van der Waals surface area contributed by atoms with E-state index in [1.54, 1.807) is 6.07 Å². The lowest BCUT2D eigenvalue weighted by molar-refractivity contribution is -0.143. The average Bonchev–Trinajstić information content (AvgIpc) is 3.56. The minimum absolute atomic E-state index is 0.0150. The highest BCUT2D eigenvalue weighted by Crippen LogP contribution is 2.63. The van der Waals surface area contributed by atoms with Crippen molar-refractivity contribution in [1.29, 1.82) is 0 Å². The van der Waals surface area contributed by atoms with E-state index in [2.05, 4.69) is 41.8 Å². The zero-order chi connectivity index (χ0) is 29.3. The highest BCUT2D eigenvalue weighted by atomic mass is 35.5. The van der Waals surface area contributed by atoms with E-state index in [0.717, 1.165) is 56.5 Å². The first kappa shape index (κ1) is 28.5. The molecule has 3 fully saturated rings. The van der Waals surface area contributed by atoms with E-state index in [1.807, 2.05) is 12.1 Å². The maximum Gasteiger partial charge on any atom is 0.302 e. The van der Waals surface area contributed by atoms with Crippen molar-refractivity contribution < 1.29 is 19.1 Å². The largest absolute Gasteiger partial charge is 0.487 e. The van der Waals surface area contributed by atoms with Crippen molar-refractivity contribution >= 4 is 35.1 Å². The second-order valence-electron chi connectivity index (χ2n) is 13.6. The van der Waals surface area contributed by atoms with Gasteiger partial charge in [-0.1, -0.05) is 55.2 Å². The molecule has 1 spiro atoms. The predicted molar refractivity (Wildman–Crippen MR) is 163 cm³/mol. The number of benzene rings is 2. The van der Waals surface area contributed by atoms with Crippen molar-refractivity contribution in [1.82, 2.24) is 9.80 Å². The van der Waals surface area contributed by atoms with Gasteiger partial charge < -0.3 is 14.4 Å². The lowest BCUT2D eigenvalue weighted by atomic mass is 9.51. The fourth-order valence-electron chi connectivity index (χ4n) is 8.93. The highest BCUT2D eigenvalue weighted by Gasteiger charge is 2.66. The fraction of sp³-hybridized carbons (Fsp3) is 0.588. The molecule has 8 heteroatoms. The Kier molecular flexibility index (Phi) is 7.26. The quantitative estimate of drug-likeness (QED) is 0.339. The van der Waals surface area contributed by atoms with Crippen LogP contribution in [0.5, 0.6) is 5.75 Å². The third kappa shape index (κ3) is 4.73. The van der Waals surface area contributed by atoms with E-state index in [1.165, 1.54) is 18.1 Å². The summed E-state index contributed by atoms with van der Waals surface area (Å²) < 4.78 is 12.5. The number of hydrogen-bond donors (Lipinski definition) is 0. The third-order valence-corrected chi connectivity index (χ3v) is 11.3. The Balaban J connectivity index is 1.19. The fourth-order valence-corrected chi connectivity index (χ4v) is 9.25. The third-order valence-electron chi connectivity index (χ3n) is 10.6. The van der Waals surface area contributed by atoms with Gasteiger partial charge in [0.1, 0.15) is 18.0 Å². The number of amides is 1. The Bertz CT molecular complexity index is 1410. The molecule has 2 aliphatic heterocycles. The molecule has 5 aliphatic rings. The number of piperidine rings is 1. The molecule has 2 heterocycles. The van der Waals surface area contributed by atoms with Crippen molar-refractivity contribution in [2.75, 3.05) is 19.6 Å². The SMILES string of the molecule is CC(=O)OC1CC1CN1CC[C@]23c4c5cccc4O[C@H]2[C@H](N(CC(C)C)C(=O)Cc2ccc(Cl)c(Cl)c2)CC[C@H]3[C@H]1C5. The number of nitrogens with zero attached hydrogens (tertiary/aromatic N) is 2. The summed E-state index contributed by atoms with van der Waals surface area (Å²) in [6, 6.07) is 12.5. The Morgan fingerprint density at radius 2 is 2.00 bits per heavy atom. The van der Waals surface area contributed by atoms with E-state index in [-0.39, 0.29) is 35.5 Å². The number of ether oxygens (including phenoxy) is 2. The number of hydrogen-bond acceptors (Lipinski definition) is 5. The van der Waals surface area contributed by atoms with E-state index >= 15 is 0 Å². The number of likely N-dealkylation sites (tertiary alicyclic amines) is 1.